The highest BCUT2D eigenvalue weighted by Gasteiger charge is 2.12. The number of hydrogen-bond acceptors (Lipinski definition) is 2. The molecule has 2 heteroatoms. The van der Waals surface area contributed by atoms with Crippen LogP contribution >= 0.6 is 11.3 Å². The number of carbonyl (C=O) groups excluding carboxylic acids is 1. The molecule has 0 unspecified atom stereocenters. The molecule has 1 aromatic rings. The molecule has 1 aromatic heterocycles. The Bertz CT molecular complexity index is 278. The van der Waals surface area contributed by atoms with E-state index in [1.165, 1.54) is 30.6 Å². The second-order valence-corrected chi connectivity index (χ2v) is 4.79. The number of hydrogen-bond donors (Lipinski definition) is 0. The molecule has 1 heterocycles. The minimum atomic E-state index is 0.680. The van der Waals surface area contributed by atoms with E-state index in [4.69, 9.17) is 0 Å². The van der Waals surface area contributed by atoms with Crippen LogP contribution in [-0.4, -0.2) is 6.29 Å². The van der Waals surface area contributed by atoms with Gasteiger partial charge in [-0.05, 0) is 43.7 Å². The molecule has 0 aliphatic heterocycles. The van der Waals surface area contributed by atoms with Crippen LogP contribution in [0.25, 0.3) is 0 Å². The number of carbonyl (C=O) groups is 1. The lowest BCUT2D eigenvalue weighted by molar-refractivity contribution is -0.107. The van der Waals surface area contributed by atoms with E-state index in [1.807, 2.05) is 11.3 Å². The normalized spacial score (nSPS) is 15.4. The van der Waals surface area contributed by atoms with Crippen molar-refractivity contribution >= 4 is 17.6 Å². The van der Waals surface area contributed by atoms with Crippen LogP contribution in [0.1, 0.15) is 34.6 Å². The Kier molecular flexibility index (Phi) is 2.79. The molecule has 0 amide bonds. The van der Waals surface area contributed by atoms with Crippen LogP contribution in [0.2, 0.25) is 0 Å². The molecule has 1 nitrogen and oxygen atoms in total. The van der Waals surface area contributed by atoms with Gasteiger partial charge in [-0.2, -0.15) is 0 Å². The zero-order valence-electron chi connectivity index (χ0n) is 7.71. The van der Waals surface area contributed by atoms with Gasteiger partial charge in [0.15, 0.2) is 0 Å². The van der Waals surface area contributed by atoms with E-state index >= 15 is 0 Å². The summed E-state index contributed by atoms with van der Waals surface area (Å²) in [4.78, 5) is 13.2. The molecule has 0 spiro atoms. The SMILES string of the molecule is O=CCCc1cc2c(s1)CCCC2. The van der Waals surface area contributed by atoms with Crippen molar-refractivity contribution in [2.75, 3.05) is 0 Å². The molecule has 1 aliphatic rings. The number of aryl methyl sites for hydroxylation is 3. The molecule has 0 fully saturated rings. The van der Waals surface area contributed by atoms with Crippen LogP contribution in [-0.2, 0) is 24.1 Å². The van der Waals surface area contributed by atoms with E-state index in [1.54, 1.807) is 10.4 Å². The zero-order chi connectivity index (χ0) is 9.10. The summed E-state index contributed by atoms with van der Waals surface area (Å²) in [6.07, 6.45) is 7.85. The Labute approximate surface area is 82.8 Å². The standard InChI is InChI=1S/C11H14OS/c12-7-3-5-10-8-9-4-1-2-6-11(9)13-10/h7-8H,1-6H2. The van der Waals surface area contributed by atoms with Gasteiger partial charge in [0.05, 0.1) is 0 Å². The fraction of sp³-hybridized carbons (Fsp3) is 0.545. The quantitative estimate of drug-likeness (QED) is 0.676. The first-order chi connectivity index (χ1) is 6.40. The molecule has 0 saturated carbocycles. The van der Waals surface area contributed by atoms with Crippen molar-refractivity contribution in [1.82, 2.24) is 0 Å². The highest BCUT2D eigenvalue weighted by molar-refractivity contribution is 7.12. The maximum absolute atomic E-state index is 10.2. The average molecular weight is 194 g/mol. The summed E-state index contributed by atoms with van der Waals surface area (Å²) < 4.78 is 0. The number of fused-ring (bicyclic) bond motifs is 1. The molecule has 1 aliphatic carbocycles. The second-order valence-electron chi connectivity index (χ2n) is 3.57. The fourth-order valence-corrected chi connectivity index (χ4v) is 3.15. The van der Waals surface area contributed by atoms with E-state index < -0.39 is 0 Å². The first kappa shape index (κ1) is 8.95. The molecule has 0 saturated heterocycles. The highest BCUT2D eigenvalue weighted by atomic mass is 32.1. The van der Waals surface area contributed by atoms with E-state index in [0.717, 1.165) is 12.7 Å². The van der Waals surface area contributed by atoms with Gasteiger partial charge >= 0.3 is 0 Å². The Hall–Kier alpha value is -0.630. The summed E-state index contributed by atoms with van der Waals surface area (Å²) in [6, 6.07) is 2.31. The molecule has 0 radical (unpaired) electrons. The van der Waals surface area contributed by atoms with E-state index in [9.17, 15) is 4.79 Å². The van der Waals surface area contributed by atoms with Gasteiger partial charge in [-0.1, -0.05) is 0 Å². The maximum atomic E-state index is 10.2. The molecule has 0 N–H and O–H groups in total. The Morgan fingerprint density at radius 1 is 1.38 bits per heavy atom. The lowest BCUT2D eigenvalue weighted by atomic mass is 9.99. The van der Waals surface area contributed by atoms with E-state index in [0.29, 0.717) is 6.42 Å². The van der Waals surface area contributed by atoms with E-state index in [2.05, 4.69) is 6.07 Å². The molecule has 0 atom stereocenters. The minimum absolute atomic E-state index is 0.680. The smallest absolute Gasteiger partial charge is 0.120 e. The van der Waals surface area contributed by atoms with Crippen LogP contribution in [0.5, 0.6) is 0 Å². The number of thiophene rings is 1. The Morgan fingerprint density at radius 2 is 2.23 bits per heavy atom. The summed E-state index contributed by atoms with van der Waals surface area (Å²) >= 11 is 1.92. The first-order valence-electron chi connectivity index (χ1n) is 4.94. The summed E-state index contributed by atoms with van der Waals surface area (Å²) in [5, 5.41) is 0. The number of rotatable bonds is 3. The fourth-order valence-electron chi connectivity index (χ4n) is 1.88. The van der Waals surface area contributed by atoms with Crippen LogP contribution < -0.4 is 0 Å². The van der Waals surface area contributed by atoms with Gasteiger partial charge in [0.2, 0.25) is 0 Å². The zero-order valence-corrected chi connectivity index (χ0v) is 8.53. The van der Waals surface area contributed by atoms with Crippen LogP contribution in [0.15, 0.2) is 6.07 Å². The van der Waals surface area contributed by atoms with Gasteiger partial charge in [0.1, 0.15) is 6.29 Å². The topological polar surface area (TPSA) is 17.1 Å². The van der Waals surface area contributed by atoms with Gasteiger partial charge in [0.25, 0.3) is 0 Å². The van der Waals surface area contributed by atoms with Crippen molar-refractivity contribution in [3.05, 3.63) is 21.4 Å². The van der Waals surface area contributed by atoms with Crippen molar-refractivity contribution < 1.29 is 4.79 Å². The van der Waals surface area contributed by atoms with Gasteiger partial charge in [0, 0.05) is 16.2 Å². The van der Waals surface area contributed by atoms with Crippen LogP contribution in [0.3, 0.4) is 0 Å². The van der Waals surface area contributed by atoms with Crippen molar-refractivity contribution in [1.29, 1.82) is 0 Å². The molecule has 70 valence electrons. The summed E-state index contributed by atoms with van der Waals surface area (Å²) in [5.74, 6) is 0. The molecule has 0 bridgehead atoms. The second kappa shape index (κ2) is 4.05. The first-order valence-corrected chi connectivity index (χ1v) is 5.76. The van der Waals surface area contributed by atoms with Crippen LogP contribution in [0.4, 0.5) is 0 Å². The highest BCUT2D eigenvalue weighted by Crippen LogP contribution is 2.29. The predicted molar refractivity (Wildman–Crippen MR) is 55.3 cm³/mol. The molecule has 13 heavy (non-hydrogen) atoms. The third kappa shape index (κ3) is 1.99. The van der Waals surface area contributed by atoms with Crippen molar-refractivity contribution in [2.45, 2.75) is 38.5 Å². The van der Waals surface area contributed by atoms with Gasteiger partial charge in [-0.25, -0.2) is 0 Å². The Balaban J connectivity index is 2.11. The lowest BCUT2D eigenvalue weighted by Gasteiger charge is -2.08. The monoisotopic (exact) mass is 194 g/mol. The summed E-state index contributed by atoms with van der Waals surface area (Å²) in [6.45, 7) is 0. The molecule has 0 aromatic carbocycles. The molecular weight excluding hydrogens is 180 g/mol. The van der Waals surface area contributed by atoms with E-state index in [-0.39, 0.29) is 0 Å². The van der Waals surface area contributed by atoms with Gasteiger partial charge in [-0.3, -0.25) is 0 Å². The Morgan fingerprint density at radius 3 is 3.00 bits per heavy atom. The lowest BCUT2D eigenvalue weighted by Crippen LogP contribution is -1.96. The van der Waals surface area contributed by atoms with Crippen LogP contribution in [0, 0.1) is 0 Å². The summed E-state index contributed by atoms with van der Waals surface area (Å²) in [5.41, 5.74) is 1.55. The number of aldehydes is 1. The van der Waals surface area contributed by atoms with Gasteiger partial charge in [-0.15, -0.1) is 11.3 Å². The molecular formula is C11H14OS. The third-order valence-electron chi connectivity index (χ3n) is 2.56. The van der Waals surface area contributed by atoms with Crippen molar-refractivity contribution in [3.63, 3.8) is 0 Å². The van der Waals surface area contributed by atoms with Crippen molar-refractivity contribution in [3.8, 4) is 0 Å². The third-order valence-corrected chi connectivity index (χ3v) is 3.85. The average Bonchev–Trinajstić information content (AvgIpc) is 2.57. The molecule has 2 rings (SSSR count). The predicted octanol–water partition coefficient (Wildman–Crippen LogP) is 2.76. The largest absolute Gasteiger partial charge is 0.303 e. The summed E-state index contributed by atoms with van der Waals surface area (Å²) in [7, 11) is 0. The minimum Gasteiger partial charge on any atom is -0.303 e. The maximum Gasteiger partial charge on any atom is 0.120 e. The van der Waals surface area contributed by atoms with Gasteiger partial charge < -0.3 is 4.79 Å². The van der Waals surface area contributed by atoms with Crippen molar-refractivity contribution in [2.24, 2.45) is 0 Å².